The molecule has 3 aliphatic heterocycles. The number of aromatic nitrogens is 2. The highest BCUT2D eigenvalue weighted by Crippen LogP contribution is 2.68. The van der Waals surface area contributed by atoms with Gasteiger partial charge in [-0.3, -0.25) is 0 Å². The van der Waals surface area contributed by atoms with Crippen LogP contribution in [-0.4, -0.2) is 0 Å². The second-order valence-corrected chi connectivity index (χ2v) is 11.6. The highest BCUT2D eigenvalue weighted by Gasteiger charge is 2.75. The predicted octanol–water partition coefficient (Wildman–Crippen LogP) is 7.08. The number of pyridine rings is 2. The topological polar surface area (TPSA) is 7.76 Å². The smallest absolute Gasteiger partial charge is 0.0619 e. The van der Waals surface area contributed by atoms with E-state index in [0.717, 1.165) is 0 Å². The van der Waals surface area contributed by atoms with Crippen LogP contribution in [0.2, 0.25) is 0 Å². The minimum Gasteiger partial charge on any atom is -0.0619 e. The average Bonchev–Trinajstić information content (AvgIpc) is 3.60. The van der Waals surface area contributed by atoms with Crippen molar-refractivity contribution >= 4 is 11.4 Å². The van der Waals surface area contributed by atoms with E-state index in [-0.39, 0.29) is 0 Å². The van der Waals surface area contributed by atoms with Crippen molar-refractivity contribution in [3.05, 3.63) is 155 Å². The molecule has 0 unspecified atom stereocenters. The summed E-state index contributed by atoms with van der Waals surface area (Å²) in [5.41, 5.74) is 18.4. The second kappa shape index (κ2) is 6.64. The fraction of sp³-hybridized carbons (Fsp3) is 0.0811. The van der Waals surface area contributed by atoms with Crippen molar-refractivity contribution in [2.45, 2.75) is 19.3 Å². The summed E-state index contributed by atoms with van der Waals surface area (Å²) in [6.07, 6.45) is 4.55. The molecule has 2 spiro atoms. The summed E-state index contributed by atoms with van der Waals surface area (Å²) in [4.78, 5) is 0. The van der Waals surface area contributed by atoms with Gasteiger partial charge < -0.3 is 0 Å². The molecule has 0 fully saturated rings. The van der Waals surface area contributed by atoms with Crippen molar-refractivity contribution in [1.82, 2.24) is 4.70 Å². The van der Waals surface area contributed by atoms with Gasteiger partial charge in [-0.05, 0) is 59.4 Å². The van der Waals surface area contributed by atoms with E-state index < -0.39 is 5.41 Å². The molecule has 3 nitrogen and oxygen atoms in total. The molecule has 0 atom stereocenters. The van der Waals surface area contributed by atoms with Crippen LogP contribution >= 0.6 is 0 Å². The molecule has 1 aliphatic carbocycles. The predicted molar refractivity (Wildman–Crippen MR) is 157 cm³/mol. The molecule has 6 aromatic rings. The van der Waals surface area contributed by atoms with Crippen molar-refractivity contribution in [1.29, 1.82) is 0 Å². The van der Waals surface area contributed by atoms with Crippen LogP contribution in [0.5, 0.6) is 0 Å². The fourth-order valence-corrected chi connectivity index (χ4v) is 8.66. The summed E-state index contributed by atoms with van der Waals surface area (Å²) >= 11 is 0. The molecule has 0 saturated heterocycles. The van der Waals surface area contributed by atoms with Crippen molar-refractivity contribution in [3.8, 4) is 33.6 Å². The molecule has 4 aromatic carbocycles. The zero-order chi connectivity index (χ0) is 26.4. The Morgan fingerprint density at radius 2 is 0.925 bits per heavy atom. The summed E-state index contributed by atoms with van der Waals surface area (Å²) in [5.74, 6) is 0. The van der Waals surface area contributed by atoms with Gasteiger partial charge >= 0.3 is 0 Å². The van der Waals surface area contributed by atoms with Crippen LogP contribution < -0.4 is 14.1 Å². The number of quaternary nitrogens is 1. The molecule has 2 aromatic heterocycles. The lowest BCUT2D eigenvalue weighted by Crippen LogP contribution is -2.82. The first kappa shape index (κ1) is 21.0. The summed E-state index contributed by atoms with van der Waals surface area (Å²) in [6.45, 7) is 4.55. The molecule has 3 heteroatoms. The van der Waals surface area contributed by atoms with Crippen molar-refractivity contribution < 1.29 is 9.35 Å². The number of benzene rings is 4. The Kier molecular flexibility index (Phi) is 3.49. The molecule has 5 heterocycles. The Morgan fingerprint density at radius 1 is 0.475 bits per heavy atom. The van der Waals surface area contributed by atoms with Crippen molar-refractivity contribution in [3.63, 3.8) is 0 Å². The van der Waals surface area contributed by atoms with Gasteiger partial charge in [0.2, 0.25) is 12.4 Å². The van der Waals surface area contributed by atoms with E-state index in [1.807, 2.05) is 0 Å². The van der Waals surface area contributed by atoms with E-state index >= 15 is 0 Å². The van der Waals surface area contributed by atoms with E-state index in [1.165, 1.54) is 78.4 Å². The third-order valence-corrected chi connectivity index (χ3v) is 9.97. The van der Waals surface area contributed by atoms with Crippen LogP contribution in [0.3, 0.4) is 0 Å². The lowest BCUT2D eigenvalue weighted by atomic mass is 9.63. The second-order valence-electron chi connectivity index (χ2n) is 11.6. The van der Waals surface area contributed by atoms with Crippen LogP contribution in [0.1, 0.15) is 33.4 Å². The van der Waals surface area contributed by atoms with Gasteiger partial charge in [0.15, 0.2) is 4.70 Å². The SMILES string of the molecule is Cc1ccc2c3c1-c1cccc[n+]1[N+]31c3c(ccc(C)c3-c3cccc[n+]31)C21c2ccccc2-c2ccccc21. The van der Waals surface area contributed by atoms with E-state index in [2.05, 4.69) is 145 Å². The molecule has 4 aliphatic rings. The van der Waals surface area contributed by atoms with Gasteiger partial charge in [-0.25, -0.2) is 0 Å². The molecule has 40 heavy (non-hydrogen) atoms. The zero-order valence-corrected chi connectivity index (χ0v) is 22.4. The lowest BCUT2D eigenvalue weighted by Gasteiger charge is -2.38. The van der Waals surface area contributed by atoms with Gasteiger partial charge in [-0.15, -0.1) is 0 Å². The van der Waals surface area contributed by atoms with Crippen molar-refractivity contribution in [2.75, 3.05) is 0 Å². The Morgan fingerprint density at radius 3 is 1.43 bits per heavy atom. The minimum atomic E-state index is -0.407. The van der Waals surface area contributed by atoms with Gasteiger partial charge in [0.1, 0.15) is 11.1 Å². The Labute approximate surface area is 233 Å². The average molecular weight is 513 g/mol. The lowest BCUT2D eigenvalue weighted by molar-refractivity contribution is -1.02. The highest BCUT2D eigenvalue weighted by molar-refractivity contribution is 5.99. The monoisotopic (exact) mass is 512 g/mol. The molecule has 186 valence electrons. The van der Waals surface area contributed by atoms with Gasteiger partial charge in [-0.2, -0.15) is 0 Å². The van der Waals surface area contributed by atoms with Gasteiger partial charge in [0.25, 0.3) is 22.8 Å². The first-order valence-corrected chi connectivity index (χ1v) is 14.1. The molecular weight excluding hydrogens is 486 g/mol. The van der Waals surface area contributed by atoms with Gasteiger partial charge in [0.05, 0.1) is 14.8 Å². The fourth-order valence-electron chi connectivity index (χ4n) is 8.66. The zero-order valence-electron chi connectivity index (χ0n) is 22.4. The summed E-state index contributed by atoms with van der Waals surface area (Å²) < 4.78 is 5.52. The number of hydrogen-bond donors (Lipinski definition) is 0. The Balaban J connectivity index is 1.54. The van der Waals surface area contributed by atoms with E-state index in [9.17, 15) is 0 Å². The molecule has 0 bridgehead atoms. The number of aryl methyl sites for hydroxylation is 2. The first-order valence-electron chi connectivity index (χ1n) is 14.1. The number of nitrogens with zero attached hydrogens (tertiary/aromatic N) is 3. The molecule has 0 saturated carbocycles. The normalized spacial score (nSPS) is 16.1. The third kappa shape index (κ3) is 1.93. The van der Waals surface area contributed by atoms with Crippen LogP contribution in [0.15, 0.2) is 122 Å². The Bertz CT molecular complexity index is 2000. The van der Waals surface area contributed by atoms with Crippen molar-refractivity contribution in [2.24, 2.45) is 0 Å². The number of rotatable bonds is 0. The summed E-state index contributed by atoms with van der Waals surface area (Å²) in [7, 11) is 0. The molecule has 0 amide bonds. The maximum absolute atomic E-state index is 2.50. The van der Waals surface area contributed by atoms with Crippen LogP contribution in [0.25, 0.3) is 33.6 Å². The highest BCUT2D eigenvalue weighted by atomic mass is 15.9. The number of hydrogen-bond acceptors (Lipinski definition) is 0. The largest absolute Gasteiger partial charge is 0.286 e. The van der Waals surface area contributed by atoms with Crippen LogP contribution in [0, 0.1) is 13.8 Å². The minimum absolute atomic E-state index is 0.407. The molecule has 0 N–H and O–H groups in total. The first-order chi connectivity index (χ1) is 19.7. The summed E-state index contributed by atoms with van der Waals surface area (Å²) in [5, 5.41) is 0. The van der Waals surface area contributed by atoms with Gasteiger partial charge in [0, 0.05) is 35.4 Å². The molecular formula is C37H26N3+3. The summed E-state index contributed by atoms with van der Waals surface area (Å²) in [6, 6.07) is 41.1. The third-order valence-electron chi connectivity index (χ3n) is 9.97. The Hall–Kier alpha value is -4.86. The molecule has 0 radical (unpaired) electrons. The number of fused-ring (bicyclic) bond motifs is 11. The van der Waals surface area contributed by atoms with E-state index in [0.29, 0.717) is 4.70 Å². The quantitative estimate of drug-likeness (QED) is 0.152. The van der Waals surface area contributed by atoms with E-state index in [1.54, 1.807) is 0 Å². The van der Waals surface area contributed by atoms with Gasteiger partial charge in [-0.1, -0.05) is 72.8 Å². The maximum Gasteiger partial charge on any atom is 0.286 e. The van der Waals surface area contributed by atoms with Crippen LogP contribution in [0.4, 0.5) is 11.4 Å². The molecule has 10 rings (SSSR count). The van der Waals surface area contributed by atoms with Crippen LogP contribution in [-0.2, 0) is 5.41 Å². The van der Waals surface area contributed by atoms with E-state index in [4.69, 9.17) is 0 Å². The maximum atomic E-state index is 2.50. The standard InChI is InChI=1S/C37H26N3/c1-23-17-19-29-35-33(23)31-15-7-9-21-38(31)40(35)36-30(20-18-24(2)34(36)32-16-8-10-22-39(32)40)37(29)27-13-5-3-11-25(27)26-12-4-6-14-28(26)37/h3-22H,1-2H3/q+3.